The second kappa shape index (κ2) is 12.0. The molecule has 1 fully saturated rings. The molecule has 0 spiro atoms. The number of halogens is 2. The van der Waals surface area contributed by atoms with Crippen LogP contribution in [0, 0.1) is 5.92 Å². The number of rotatable bonds is 8. The van der Waals surface area contributed by atoms with E-state index in [1.165, 1.54) is 17.8 Å². The molecule has 0 aliphatic carbocycles. The molecule has 37 heavy (non-hydrogen) atoms. The van der Waals surface area contributed by atoms with Crippen LogP contribution in [-0.2, 0) is 20.8 Å². The third kappa shape index (κ3) is 6.47. The molecule has 194 valence electrons. The number of para-hydroxylation sites is 2. The molecule has 1 aliphatic heterocycles. The number of hydrogen-bond acceptors (Lipinski definition) is 5. The number of carbonyl (C=O) groups excluding carboxylic acids is 2. The number of carboxylic acid groups (broad SMARTS) is 1. The smallest absolute Gasteiger partial charge is 0.326 e. The lowest BCUT2D eigenvalue weighted by Crippen LogP contribution is -2.48. The van der Waals surface area contributed by atoms with E-state index in [1.807, 2.05) is 42.7 Å². The second-order valence-corrected chi connectivity index (χ2v) is 10.3. The second-order valence-electron chi connectivity index (χ2n) is 8.72. The fourth-order valence-electron chi connectivity index (χ4n) is 4.25. The molecule has 1 unspecified atom stereocenters. The van der Waals surface area contributed by atoms with E-state index >= 15 is 0 Å². The summed E-state index contributed by atoms with van der Waals surface area (Å²) in [6.07, 6.45) is 5.92. The van der Waals surface area contributed by atoms with Crippen LogP contribution in [-0.4, -0.2) is 63.1 Å². The Morgan fingerprint density at radius 2 is 1.92 bits per heavy atom. The lowest BCUT2D eigenvalue weighted by Gasteiger charge is -2.31. The Bertz CT molecular complexity index is 1320. The van der Waals surface area contributed by atoms with Gasteiger partial charge in [0.05, 0.1) is 21.1 Å². The maximum Gasteiger partial charge on any atom is 0.326 e. The zero-order chi connectivity index (χ0) is 26.5. The number of nitrogens with zero attached hydrogens (tertiary/aromatic N) is 2. The van der Waals surface area contributed by atoms with Crippen molar-refractivity contribution in [3.05, 3.63) is 63.9 Å². The number of amides is 2. The van der Waals surface area contributed by atoms with Gasteiger partial charge < -0.3 is 20.3 Å². The average molecular weight is 561 g/mol. The first kappa shape index (κ1) is 27.0. The summed E-state index contributed by atoms with van der Waals surface area (Å²) in [4.78, 5) is 47.3. The Morgan fingerprint density at radius 1 is 1.19 bits per heavy atom. The van der Waals surface area contributed by atoms with Crippen LogP contribution in [0.1, 0.15) is 24.2 Å². The van der Waals surface area contributed by atoms with Crippen LogP contribution >= 0.6 is 35.0 Å². The quantitative estimate of drug-likeness (QED) is 0.272. The molecule has 0 bridgehead atoms. The molecule has 2 aromatic carbocycles. The van der Waals surface area contributed by atoms with Crippen molar-refractivity contribution in [2.45, 2.75) is 30.2 Å². The Hall–Kier alpha value is -3.01. The monoisotopic (exact) mass is 560 g/mol. The summed E-state index contributed by atoms with van der Waals surface area (Å²) in [5, 5.41) is 13.1. The van der Waals surface area contributed by atoms with Crippen molar-refractivity contribution in [2.75, 3.05) is 19.3 Å². The minimum absolute atomic E-state index is 0.0440. The molecule has 11 heteroatoms. The number of piperidine rings is 1. The number of aliphatic carboxylic acids is 1. The Kier molecular flexibility index (Phi) is 8.79. The summed E-state index contributed by atoms with van der Waals surface area (Å²) >= 11 is 14.1. The Labute approximate surface area is 228 Å². The number of carbonyl (C=O) groups is 3. The zero-order valence-corrected chi connectivity index (χ0v) is 22.4. The van der Waals surface area contributed by atoms with E-state index in [-0.39, 0.29) is 24.2 Å². The molecule has 1 aromatic heterocycles. The van der Waals surface area contributed by atoms with Crippen molar-refractivity contribution in [3.8, 4) is 0 Å². The third-order valence-electron chi connectivity index (χ3n) is 6.33. The molecule has 8 nitrogen and oxygen atoms in total. The van der Waals surface area contributed by atoms with Crippen LogP contribution in [0.4, 0.5) is 0 Å². The maximum absolute atomic E-state index is 12.8. The van der Waals surface area contributed by atoms with Gasteiger partial charge >= 0.3 is 5.97 Å². The topological polar surface area (TPSA) is 115 Å². The first-order valence-corrected chi connectivity index (χ1v) is 13.7. The Balaban J connectivity index is 1.31. The molecule has 0 radical (unpaired) electrons. The maximum atomic E-state index is 12.8. The van der Waals surface area contributed by atoms with Crippen LogP contribution in [0.25, 0.3) is 17.1 Å². The van der Waals surface area contributed by atoms with Gasteiger partial charge in [0, 0.05) is 36.4 Å². The molecule has 1 saturated heterocycles. The van der Waals surface area contributed by atoms with Crippen molar-refractivity contribution in [3.63, 3.8) is 0 Å². The molecule has 1 aliphatic rings. The third-order valence-corrected chi connectivity index (χ3v) is 8.12. The van der Waals surface area contributed by atoms with Crippen LogP contribution in [0.3, 0.4) is 0 Å². The number of carboxylic acids is 1. The van der Waals surface area contributed by atoms with Crippen LogP contribution in [0.5, 0.6) is 0 Å². The summed E-state index contributed by atoms with van der Waals surface area (Å²) < 4.78 is 0. The highest BCUT2D eigenvalue weighted by atomic mass is 35.5. The fraction of sp³-hybridized carbons (Fsp3) is 0.308. The molecule has 1 atom stereocenters. The van der Waals surface area contributed by atoms with Gasteiger partial charge in [0.25, 0.3) is 0 Å². The number of H-pyrrole nitrogens is 1. The number of likely N-dealkylation sites (tertiary alicyclic amines) is 1. The molecule has 2 amide bonds. The summed E-state index contributed by atoms with van der Waals surface area (Å²) in [6, 6.07) is 9.96. The molecule has 2 heterocycles. The van der Waals surface area contributed by atoms with Crippen molar-refractivity contribution in [1.29, 1.82) is 0 Å². The van der Waals surface area contributed by atoms with Gasteiger partial charge in [-0.05, 0) is 48.9 Å². The van der Waals surface area contributed by atoms with Crippen LogP contribution in [0.15, 0.2) is 47.4 Å². The van der Waals surface area contributed by atoms with E-state index < -0.39 is 12.0 Å². The number of fused-ring (bicyclic) bond motifs is 1. The molecule has 4 rings (SSSR count). The number of thioether (sulfide) groups is 1. The summed E-state index contributed by atoms with van der Waals surface area (Å²) in [5.41, 5.74) is 2.19. The predicted octanol–water partition coefficient (Wildman–Crippen LogP) is 4.66. The van der Waals surface area contributed by atoms with E-state index in [0.717, 1.165) is 15.9 Å². The van der Waals surface area contributed by atoms with E-state index in [2.05, 4.69) is 15.3 Å². The van der Waals surface area contributed by atoms with Gasteiger partial charge in [-0.25, -0.2) is 9.78 Å². The SMILES string of the molecule is CSc1ccc(/C=C/C(=O)N2CCC(C(=O)NC(Cc3nc4ccccc4[nH]3)C(=O)O)CC2)c(Cl)c1Cl. The summed E-state index contributed by atoms with van der Waals surface area (Å²) in [7, 11) is 0. The highest BCUT2D eigenvalue weighted by Crippen LogP contribution is 2.35. The van der Waals surface area contributed by atoms with Gasteiger partial charge in [-0.1, -0.05) is 41.4 Å². The molecule has 3 aromatic rings. The molecular formula is C26H26Cl2N4O4S. The van der Waals surface area contributed by atoms with Gasteiger partial charge in [-0.15, -0.1) is 11.8 Å². The summed E-state index contributed by atoms with van der Waals surface area (Å²) in [5.74, 6) is -1.53. The number of nitrogens with one attached hydrogen (secondary N) is 2. The first-order chi connectivity index (χ1) is 17.8. The minimum atomic E-state index is -1.13. The fourth-order valence-corrected chi connectivity index (χ4v) is 5.42. The predicted molar refractivity (Wildman–Crippen MR) is 146 cm³/mol. The van der Waals surface area contributed by atoms with Gasteiger partial charge in [0.1, 0.15) is 11.9 Å². The Morgan fingerprint density at radius 3 is 2.59 bits per heavy atom. The van der Waals surface area contributed by atoms with Gasteiger partial charge in [-0.2, -0.15) is 0 Å². The van der Waals surface area contributed by atoms with Crippen molar-refractivity contribution in [2.24, 2.45) is 5.92 Å². The number of hydrogen-bond donors (Lipinski definition) is 3. The summed E-state index contributed by atoms with van der Waals surface area (Å²) in [6.45, 7) is 0.783. The number of benzene rings is 2. The standard InChI is InChI=1S/C26H26Cl2N4O4S/c1-37-20-8-6-15(23(27)24(20)28)7-9-22(33)32-12-10-16(11-13-32)25(34)31-19(26(35)36)14-21-29-17-4-2-3-5-18(17)30-21/h2-9,16,19H,10-14H2,1H3,(H,29,30)(H,31,34)(H,35,36)/b9-7+. The first-order valence-electron chi connectivity index (χ1n) is 11.7. The number of aromatic amines is 1. The molecule has 0 saturated carbocycles. The molecular weight excluding hydrogens is 535 g/mol. The number of aromatic nitrogens is 2. The van der Waals surface area contributed by atoms with E-state index in [4.69, 9.17) is 23.2 Å². The number of imidazole rings is 1. The van der Waals surface area contributed by atoms with Crippen molar-refractivity contribution in [1.82, 2.24) is 20.2 Å². The highest BCUT2D eigenvalue weighted by molar-refractivity contribution is 7.98. The average Bonchev–Trinajstić information content (AvgIpc) is 3.31. The zero-order valence-electron chi connectivity index (χ0n) is 20.0. The van der Waals surface area contributed by atoms with Crippen molar-refractivity contribution >= 4 is 69.9 Å². The van der Waals surface area contributed by atoms with Gasteiger partial charge in [-0.3, -0.25) is 9.59 Å². The lowest BCUT2D eigenvalue weighted by molar-refractivity contribution is -0.142. The largest absolute Gasteiger partial charge is 0.480 e. The molecule has 3 N–H and O–H groups in total. The normalized spacial score (nSPS) is 15.3. The van der Waals surface area contributed by atoms with E-state index in [1.54, 1.807) is 11.0 Å². The van der Waals surface area contributed by atoms with Gasteiger partial charge in [0.15, 0.2) is 0 Å². The van der Waals surface area contributed by atoms with Crippen LogP contribution < -0.4 is 5.32 Å². The van der Waals surface area contributed by atoms with Crippen LogP contribution in [0.2, 0.25) is 10.0 Å². The minimum Gasteiger partial charge on any atom is -0.480 e. The van der Waals surface area contributed by atoms with Gasteiger partial charge in [0.2, 0.25) is 11.8 Å². The highest BCUT2D eigenvalue weighted by Gasteiger charge is 2.30. The lowest BCUT2D eigenvalue weighted by atomic mass is 9.95. The van der Waals surface area contributed by atoms with E-state index in [9.17, 15) is 19.5 Å². The van der Waals surface area contributed by atoms with E-state index in [0.29, 0.717) is 47.4 Å². The van der Waals surface area contributed by atoms with Crippen molar-refractivity contribution < 1.29 is 19.5 Å².